The van der Waals surface area contributed by atoms with E-state index in [1.165, 1.54) is 12.8 Å². The maximum Gasteiger partial charge on any atom is 0.256 e. The predicted octanol–water partition coefficient (Wildman–Crippen LogP) is 2.85. The lowest BCUT2D eigenvalue weighted by Gasteiger charge is -2.09. The number of oxazole rings is 1. The molecule has 1 aromatic rings. The maximum absolute atomic E-state index is 5.29. The van der Waals surface area contributed by atoms with E-state index in [9.17, 15) is 0 Å². The fourth-order valence-corrected chi connectivity index (χ4v) is 2.05. The van der Waals surface area contributed by atoms with Crippen LogP contribution >= 0.6 is 11.8 Å². The van der Waals surface area contributed by atoms with Gasteiger partial charge in [-0.15, -0.1) is 0 Å². The van der Waals surface area contributed by atoms with Gasteiger partial charge in [0.05, 0.1) is 5.69 Å². The summed E-state index contributed by atoms with van der Waals surface area (Å²) in [7, 11) is 0. The fourth-order valence-electron chi connectivity index (χ4n) is 1.21. The molecular formula is C11H20N2OS. The molecule has 0 fully saturated rings. The molecule has 1 heterocycles. The third-order valence-electron chi connectivity index (χ3n) is 2.04. The first-order chi connectivity index (χ1) is 7.22. The first-order valence-corrected chi connectivity index (χ1v) is 6.40. The number of unbranched alkanes of at least 4 members (excludes halogenated alkanes) is 1. The van der Waals surface area contributed by atoms with Crippen LogP contribution in [0.4, 0.5) is 0 Å². The van der Waals surface area contributed by atoms with E-state index in [0.717, 1.165) is 24.0 Å². The summed E-state index contributed by atoms with van der Waals surface area (Å²) in [5, 5.41) is 4.70. The van der Waals surface area contributed by atoms with E-state index in [4.69, 9.17) is 4.42 Å². The van der Waals surface area contributed by atoms with Crippen molar-refractivity contribution >= 4 is 11.8 Å². The van der Waals surface area contributed by atoms with Crippen molar-refractivity contribution in [1.29, 1.82) is 0 Å². The molecule has 0 aliphatic carbocycles. The molecule has 1 N–H and O–H groups in total. The summed E-state index contributed by atoms with van der Waals surface area (Å²) < 4.78 is 5.29. The summed E-state index contributed by atoms with van der Waals surface area (Å²) in [6, 6.07) is 0. The molecule has 86 valence electrons. The Morgan fingerprint density at radius 3 is 3.00 bits per heavy atom. The van der Waals surface area contributed by atoms with Crippen LogP contribution in [0.1, 0.15) is 32.4 Å². The van der Waals surface area contributed by atoms with Gasteiger partial charge in [0, 0.05) is 11.8 Å². The van der Waals surface area contributed by atoms with E-state index < -0.39 is 0 Å². The summed E-state index contributed by atoms with van der Waals surface area (Å²) in [6.07, 6.45) is 4.18. The van der Waals surface area contributed by atoms with Crippen molar-refractivity contribution in [3.63, 3.8) is 0 Å². The Morgan fingerprint density at radius 1 is 1.60 bits per heavy atom. The second-order valence-corrected chi connectivity index (χ2v) is 5.13. The Hall–Kier alpha value is -0.480. The Bertz CT molecular complexity index is 275. The van der Waals surface area contributed by atoms with E-state index in [1.54, 1.807) is 18.0 Å². The monoisotopic (exact) mass is 228 g/mol. The number of hydrogen-bond donors (Lipinski definition) is 1. The number of aromatic nitrogens is 1. The normalized spacial score (nSPS) is 13.0. The molecule has 1 rings (SSSR count). The van der Waals surface area contributed by atoms with E-state index >= 15 is 0 Å². The molecule has 1 aromatic heterocycles. The molecule has 1 atom stereocenters. The minimum Gasteiger partial charge on any atom is -0.440 e. The van der Waals surface area contributed by atoms with Crippen LogP contribution in [0.25, 0.3) is 0 Å². The lowest BCUT2D eigenvalue weighted by Crippen LogP contribution is -2.23. The van der Waals surface area contributed by atoms with Gasteiger partial charge in [-0.2, -0.15) is 0 Å². The van der Waals surface area contributed by atoms with E-state index in [0.29, 0.717) is 5.25 Å². The third-order valence-corrected chi connectivity index (χ3v) is 3.00. The topological polar surface area (TPSA) is 38.1 Å². The Kier molecular flexibility index (Phi) is 5.79. The van der Waals surface area contributed by atoms with Gasteiger partial charge in [-0.25, -0.2) is 4.98 Å². The highest BCUT2D eigenvalue weighted by Gasteiger charge is 2.08. The lowest BCUT2D eigenvalue weighted by atomic mass is 10.3. The van der Waals surface area contributed by atoms with E-state index in [2.05, 4.69) is 24.1 Å². The molecule has 1 unspecified atom stereocenters. The van der Waals surface area contributed by atoms with Gasteiger partial charge in [0.15, 0.2) is 0 Å². The predicted molar refractivity (Wildman–Crippen MR) is 64.3 cm³/mol. The van der Waals surface area contributed by atoms with Crippen LogP contribution in [0.3, 0.4) is 0 Å². The minimum atomic E-state index is 0.500. The molecule has 0 saturated carbocycles. The quantitative estimate of drug-likeness (QED) is 0.575. The van der Waals surface area contributed by atoms with Gasteiger partial charge in [0.25, 0.3) is 5.22 Å². The van der Waals surface area contributed by atoms with Gasteiger partial charge in [0.2, 0.25) is 0 Å². The number of nitrogens with zero attached hydrogens (tertiary/aromatic N) is 1. The summed E-state index contributed by atoms with van der Waals surface area (Å²) >= 11 is 1.68. The summed E-state index contributed by atoms with van der Waals surface area (Å²) in [5.41, 5.74) is 0.948. The molecule has 0 aromatic carbocycles. The molecule has 15 heavy (non-hydrogen) atoms. The highest BCUT2D eigenvalue weighted by molar-refractivity contribution is 7.99. The Balaban J connectivity index is 2.15. The standard InChI is InChI=1S/C11H20N2OS/c1-4-5-6-12-7-10(3)15-11-13-9(2)8-14-11/h8,10,12H,4-7H2,1-3H3. The largest absolute Gasteiger partial charge is 0.440 e. The van der Waals surface area contributed by atoms with Gasteiger partial charge in [-0.3, -0.25) is 0 Å². The van der Waals surface area contributed by atoms with Crippen LogP contribution in [0.5, 0.6) is 0 Å². The highest BCUT2D eigenvalue weighted by atomic mass is 32.2. The lowest BCUT2D eigenvalue weighted by molar-refractivity contribution is 0.452. The molecule has 0 aliphatic heterocycles. The Labute approximate surface area is 96.0 Å². The van der Waals surface area contributed by atoms with Gasteiger partial charge in [-0.05, 0) is 19.9 Å². The zero-order valence-corrected chi connectivity index (χ0v) is 10.6. The number of hydrogen-bond acceptors (Lipinski definition) is 4. The first-order valence-electron chi connectivity index (χ1n) is 5.52. The molecule has 4 heteroatoms. The molecule has 0 saturated heterocycles. The highest BCUT2D eigenvalue weighted by Crippen LogP contribution is 2.21. The second kappa shape index (κ2) is 6.90. The zero-order chi connectivity index (χ0) is 11.1. The van der Waals surface area contributed by atoms with Crippen molar-refractivity contribution < 1.29 is 4.42 Å². The van der Waals surface area contributed by atoms with Crippen LogP contribution in [-0.4, -0.2) is 23.3 Å². The Morgan fingerprint density at radius 2 is 2.40 bits per heavy atom. The number of aryl methyl sites for hydroxylation is 1. The van der Waals surface area contributed by atoms with Crippen molar-refractivity contribution in [3.05, 3.63) is 12.0 Å². The van der Waals surface area contributed by atoms with Crippen LogP contribution in [0.15, 0.2) is 15.9 Å². The molecule has 0 spiro atoms. The van der Waals surface area contributed by atoms with Crippen molar-refractivity contribution in [1.82, 2.24) is 10.3 Å². The van der Waals surface area contributed by atoms with Crippen molar-refractivity contribution in [2.75, 3.05) is 13.1 Å². The molecule has 3 nitrogen and oxygen atoms in total. The average Bonchev–Trinajstić information content (AvgIpc) is 2.59. The van der Waals surface area contributed by atoms with E-state index in [1.807, 2.05) is 6.92 Å². The molecule has 0 radical (unpaired) electrons. The number of nitrogens with one attached hydrogen (secondary N) is 1. The van der Waals surface area contributed by atoms with Crippen molar-refractivity contribution in [3.8, 4) is 0 Å². The van der Waals surface area contributed by atoms with Crippen molar-refractivity contribution in [2.45, 2.75) is 44.1 Å². The third kappa shape index (κ3) is 5.23. The van der Waals surface area contributed by atoms with Gasteiger partial charge < -0.3 is 9.73 Å². The average molecular weight is 228 g/mol. The SMILES string of the molecule is CCCCNCC(C)Sc1nc(C)co1. The van der Waals surface area contributed by atoms with Crippen molar-refractivity contribution in [2.24, 2.45) is 0 Å². The summed E-state index contributed by atoms with van der Waals surface area (Å²) in [6.45, 7) is 8.44. The van der Waals surface area contributed by atoms with Crippen LogP contribution in [0, 0.1) is 6.92 Å². The van der Waals surface area contributed by atoms with Crippen LogP contribution < -0.4 is 5.32 Å². The van der Waals surface area contributed by atoms with Gasteiger partial charge in [0.1, 0.15) is 6.26 Å². The second-order valence-electron chi connectivity index (χ2n) is 3.74. The first kappa shape index (κ1) is 12.6. The molecular weight excluding hydrogens is 208 g/mol. The fraction of sp³-hybridized carbons (Fsp3) is 0.727. The summed E-state index contributed by atoms with van der Waals surface area (Å²) in [4.78, 5) is 4.26. The zero-order valence-electron chi connectivity index (χ0n) is 9.75. The summed E-state index contributed by atoms with van der Waals surface area (Å²) in [5.74, 6) is 0. The van der Waals surface area contributed by atoms with Gasteiger partial charge in [-0.1, -0.05) is 32.0 Å². The smallest absolute Gasteiger partial charge is 0.256 e. The minimum absolute atomic E-state index is 0.500. The maximum atomic E-state index is 5.29. The van der Waals surface area contributed by atoms with Crippen LogP contribution in [-0.2, 0) is 0 Å². The number of thioether (sulfide) groups is 1. The van der Waals surface area contributed by atoms with E-state index in [-0.39, 0.29) is 0 Å². The van der Waals surface area contributed by atoms with Gasteiger partial charge >= 0.3 is 0 Å². The molecule has 0 aliphatic rings. The van der Waals surface area contributed by atoms with Crippen LogP contribution in [0.2, 0.25) is 0 Å². The number of rotatable bonds is 7. The molecule has 0 bridgehead atoms. The molecule has 0 amide bonds.